The first-order valence-electron chi connectivity index (χ1n) is 11.4. The van der Waals surface area contributed by atoms with Crippen molar-refractivity contribution < 1.29 is 14.3 Å². The highest BCUT2D eigenvalue weighted by Crippen LogP contribution is 2.40. The predicted molar refractivity (Wildman–Crippen MR) is 134 cm³/mol. The molecule has 1 aromatic heterocycles. The number of para-hydroxylation sites is 2. The van der Waals surface area contributed by atoms with Crippen molar-refractivity contribution in [2.45, 2.75) is 0 Å². The number of piperazine rings is 1. The van der Waals surface area contributed by atoms with Gasteiger partial charge in [-0.1, -0.05) is 42.5 Å². The zero-order chi connectivity index (χ0) is 22.6. The van der Waals surface area contributed by atoms with E-state index >= 15 is 0 Å². The van der Waals surface area contributed by atoms with E-state index in [-0.39, 0.29) is 5.91 Å². The Balaban J connectivity index is 1.35. The second-order valence-corrected chi connectivity index (χ2v) is 9.28. The molecule has 0 spiro atoms. The number of methoxy groups -OCH3 is 1. The van der Waals surface area contributed by atoms with Crippen molar-refractivity contribution in [1.82, 2.24) is 4.90 Å². The molecule has 0 bridgehead atoms. The first-order chi connectivity index (χ1) is 16.2. The van der Waals surface area contributed by atoms with Crippen molar-refractivity contribution >= 4 is 27.9 Å². The summed E-state index contributed by atoms with van der Waals surface area (Å²) >= 11 is 1.61. The molecule has 6 nitrogen and oxygen atoms in total. The molecule has 2 aliphatic heterocycles. The molecule has 3 aromatic rings. The van der Waals surface area contributed by atoms with Crippen LogP contribution in [0.1, 0.15) is 9.67 Å². The maximum atomic E-state index is 13.5. The van der Waals surface area contributed by atoms with Crippen LogP contribution in [0.15, 0.2) is 60.7 Å². The van der Waals surface area contributed by atoms with Gasteiger partial charge in [-0.05, 0) is 23.8 Å². The van der Waals surface area contributed by atoms with Gasteiger partial charge in [-0.25, -0.2) is 0 Å². The zero-order valence-corrected chi connectivity index (χ0v) is 19.7. The Morgan fingerprint density at radius 3 is 2.30 bits per heavy atom. The van der Waals surface area contributed by atoms with Gasteiger partial charge in [-0.15, -0.1) is 11.3 Å². The summed E-state index contributed by atoms with van der Waals surface area (Å²) in [6.07, 6.45) is 0. The third-order valence-electron chi connectivity index (χ3n) is 6.30. The van der Waals surface area contributed by atoms with Crippen LogP contribution in [0.5, 0.6) is 5.75 Å². The van der Waals surface area contributed by atoms with E-state index in [9.17, 15) is 4.79 Å². The van der Waals surface area contributed by atoms with Gasteiger partial charge < -0.3 is 24.2 Å². The van der Waals surface area contributed by atoms with Gasteiger partial charge in [0.05, 0.1) is 35.9 Å². The molecular weight excluding hydrogens is 434 g/mol. The molecule has 0 N–H and O–H groups in total. The van der Waals surface area contributed by atoms with Crippen LogP contribution in [0.2, 0.25) is 0 Å². The molecule has 2 aliphatic rings. The molecule has 7 heteroatoms. The number of morpholine rings is 1. The zero-order valence-electron chi connectivity index (χ0n) is 18.9. The number of carbonyl (C=O) groups is 1. The Kier molecular flexibility index (Phi) is 6.51. The van der Waals surface area contributed by atoms with E-state index in [1.54, 1.807) is 18.4 Å². The minimum absolute atomic E-state index is 0.122. The molecule has 0 aliphatic carbocycles. The average Bonchev–Trinajstić information content (AvgIpc) is 3.35. The molecule has 0 saturated carbocycles. The Morgan fingerprint density at radius 1 is 0.879 bits per heavy atom. The van der Waals surface area contributed by atoms with Gasteiger partial charge in [-0.3, -0.25) is 4.79 Å². The molecule has 2 fully saturated rings. The summed E-state index contributed by atoms with van der Waals surface area (Å²) in [6.45, 7) is 6.13. The normalized spacial score (nSPS) is 16.7. The molecule has 3 heterocycles. The number of thiophene rings is 1. The topological polar surface area (TPSA) is 45.2 Å². The summed E-state index contributed by atoms with van der Waals surface area (Å²) in [5.41, 5.74) is 3.37. The van der Waals surface area contributed by atoms with Gasteiger partial charge in [0, 0.05) is 44.8 Å². The second kappa shape index (κ2) is 9.85. The van der Waals surface area contributed by atoms with Crippen LogP contribution >= 0.6 is 11.3 Å². The van der Waals surface area contributed by atoms with Crippen molar-refractivity contribution in [3.63, 3.8) is 0 Å². The molecule has 1 amide bonds. The molecular formula is C26H29N3O3S. The van der Waals surface area contributed by atoms with E-state index in [4.69, 9.17) is 9.47 Å². The lowest BCUT2D eigenvalue weighted by Crippen LogP contribution is -2.48. The molecule has 5 rings (SSSR count). The monoisotopic (exact) mass is 463 g/mol. The summed E-state index contributed by atoms with van der Waals surface area (Å²) < 4.78 is 11.1. The first-order valence-corrected chi connectivity index (χ1v) is 12.3. The lowest BCUT2D eigenvalue weighted by Gasteiger charge is -2.36. The highest BCUT2D eigenvalue weighted by molar-refractivity contribution is 7.18. The number of amides is 1. The molecule has 0 atom stereocenters. The summed E-state index contributed by atoms with van der Waals surface area (Å²) in [5.74, 6) is 0.995. The number of rotatable bonds is 5. The van der Waals surface area contributed by atoms with Crippen LogP contribution in [0.25, 0.3) is 11.1 Å². The maximum absolute atomic E-state index is 13.5. The van der Waals surface area contributed by atoms with E-state index in [2.05, 4.69) is 46.2 Å². The number of hydrogen-bond acceptors (Lipinski definition) is 6. The van der Waals surface area contributed by atoms with E-state index in [0.717, 1.165) is 66.8 Å². The van der Waals surface area contributed by atoms with Gasteiger partial charge in [0.1, 0.15) is 5.75 Å². The number of anilines is 2. The molecule has 2 aromatic carbocycles. The van der Waals surface area contributed by atoms with Crippen LogP contribution in [-0.4, -0.2) is 70.4 Å². The molecule has 172 valence electrons. The summed E-state index contributed by atoms with van der Waals surface area (Å²) in [5, 5.41) is 1.17. The fraction of sp³-hybridized carbons (Fsp3) is 0.346. The fourth-order valence-electron chi connectivity index (χ4n) is 4.51. The molecule has 0 unspecified atom stereocenters. The number of benzene rings is 2. The minimum atomic E-state index is 0.122. The molecule has 0 radical (unpaired) electrons. The van der Waals surface area contributed by atoms with Gasteiger partial charge in [0.25, 0.3) is 5.91 Å². The largest absolute Gasteiger partial charge is 0.495 e. The van der Waals surface area contributed by atoms with Crippen molar-refractivity contribution in [2.24, 2.45) is 0 Å². The van der Waals surface area contributed by atoms with Crippen LogP contribution in [0.4, 0.5) is 10.7 Å². The van der Waals surface area contributed by atoms with Crippen LogP contribution in [0.3, 0.4) is 0 Å². The Morgan fingerprint density at radius 2 is 1.58 bits per heavy atom. The Bertz CT molecular complexity index is 1090. The summed E-state index contributed by atoms with van der Waals surface area (Å²) in [4.78, 5) is 20.9. The number of carbonyl (C=O) groups excluding carboxylic acids is 1. The molecule has 33 heavy (non-hydrogen) atoms. The minimum Gasteiger partial charge on any atom is -0.495 e. The number of ether oxygens (including phenoxy) is 2. The smallest absolute Gasteiger partial charge is 0.264 e. The van der Waals surface area contributed by atoms with E-state index < -0.39 is 0 Å². The lowest BCUT2D eigenvalue weighted by atomic mass is 10.1. The van der Waals surface area contributed by atoms with Gasteiger partial charge in [0.2, 0.25) is 0 Å². The van der Waals surface area contributed by atoms with Crippen molar-refractivity contribution in [3.05, 3.63) is 65.5 Å². The third kappa shape index (κ3) is 4.56. The standard InChI is InChI=1S/C26H29N3O3S/c1-31-23-10-6-5-9-22(23)27-11-13-28(14-12-27)25(30)24-19-21(20-7-3-2-4-8-20)26(33-24)29-15-17-32-18-16-29/h2-10,19H,11-18H2,1H3. The highest BCUT2D eigenvalue weighted by Gasteiger charge is 2.27. The first kappa shape index (κ1) is 21.8. The van der Waals surface area contributed by atoms with E-state index in [0.29, 0.717) is 13.1 Å². The summed E-state index contributed by atoms with van der Waals surface area (Å²) in [7, 11) is 1.70. The van der Waals surface area contributed by atoms with Gasteiger partial charge in [0.15, 0.2) is 0 Å². The second-order valence-electron chi connectivity index (χ2n) is 8.25. The highest BCUT2D eigenvalue weighted by atomic mass is 32.1. The van der Waals surface area contributed by atoms with Crippen molar-refractivity contribution in [3.8, 4) is 16.9 Å². The van der Waals surface area contributed by atoms with Crippen LogP contribution in [0, 0.1) is 0 Å². The van der Waals surface area contributed by atoms with Crippen LogP contribution < -0.4 is 14.5 Å². The number of nitrogens with zero attached hydrogens (tertiary/aromatic N) is 3. The average molecular weight is 464 g/mol. The van der Waals surface area contributed by atoms with Crippen molar-refractivity contribution in [2.75, 3.05) is 69.4 Å². The summed E-state index contributed by atoms with van der Waals surface area (Å²) in [6, 6.07) is 20.5. The Labute approximate surface area is 198 Å². The van der Waals surface area contributed by atoms with Gasteiger partial charge >= 0.3 is 0 Å². The maximum Gasteiger partial charge on any atom is 0.264 e. The Hall–Kier alpha value is -3.03. The third-order valence-corrected chi connectivity index (χ3v) is 7.48. The van der Waals surface area contributed by atoms with E-state index in [1.807, 2.05) is 29.2 Å². The fourth-order valence-corrected chi connectivity index (χ4v) is 5.71. The van der Waals surface area contributed by atoms with Gasteiger partial charge in [-0.2, -0.15) is 0 Å². The SMILES string of the molecule is COc1ccccc1N1CCN(C(=O)c2cc(-c3ccccc3)c(N3CCOCC3)s2)CC1. The van der Waals surface area contributed by atoms with E-state index in [1.165, 1.54) is 5.00 Å². The number of hydrogen-bond donors (Lipinski definition) is 0. The lowest BCUT2D eigenvalue weighted by molar-refractivity contribution is 0.0751. The van der Waals surface area contributed by atoms with Crippen molar-refractivity contribution in [1.29, 1.82) is 0 Å². The predicted octanol–water partition coefficient (Wildman–Crippen LogP) is 4.22. The quantitative estimate of drug-likeness (QED) is 0.567. The van der Waals surface area contributed by atoms with Crippen LogP contribution in [-0.2, 0) is 4.74 Å². The molecule has 2 saturated heterocycles.